The molecule has 1 saturated heterocycles. The van der Waals surface area contributed by atoms with Gasteiger partial charge in [0.1, 0.15) is 0 Å². The fourth-order valence-electron chi connectivity index (χ4n) is 4.61. The van der Waals surface area contributed by atoms with Crippen molar-refractivity contribution in [1.82, 2.24) is 15.1 Å². The molecule has 1 aromatic carbocycles. The summed E-state index contributed by atoms with van der Waals surface area (Å²) in [6.45, 7) is 3.57. The van der Waals surface area contributed by atoms with E-state index in [4.69, 9.17) is 0 Å². The lowest BCUT2D eigenvalue weighted by molar-refractivity contribution is -0.132. The first-order chi connectivity index (χ1) is 13.6. The number of piperidine rings is 1. The third kappa shape index (κ3) is 5.27. The smallest absolute Gasteiger partial charge is 0.317 e. The molecular formula is C23H35N3O2. The predicted molar refractivity (Wildman–Crippen MR) is 112 cm³/mol. The van der Waals surface area contributed by atoms with Crippen LogP contribution in [0.5, 0.6) is 0 Å². The number of nitrogens with zero attached hydrogens (tertiary/aromatic N) is 2. The molecule has 1 aliphatic carbocycles. The number of hydrogen-bond donors (Lipinski definition) is 1. The van der Waals surface area contributed by atoms with E-state index in [1.807, 2.05) is 23.8 Å². The van der Waals surface area contributed by atoms with Crippen LogP contribution < -0.4 is 5.32 Å². The summed E-state index contributed by atoms with van der Waals surface area (Å²) >= 11 is 0. The quantitative estimate of drug-likeness (QED) is 0.828. The van der Waals surface area contributed by atoms with Gasteiger partial charge in [0.05, 0.1) is 0 Å². The zero-order chi connectivity index (χ0) is 19.9. The molecule has 0 bridgehead atoms. The second kappa shape index (κ2) is 9.94. The molecule has 2 fully saturated rings. The Kier molecular flexibility index (Phi) is 7.35. The molecule has 0 radical (unpaired) electrons. The molecule has 0 aromatic heterocycles. The normalized spacial score (nSPS) is 23.3. The number of urea groups is 1. The molecule has 2 aliphatic rings. The van der Waals surface area contributed by atoms with E-state index in [1.165, 1.54) is 5.56 Å². The van der Waals surface area contributed by atoms with E-state index in [-0.39, 0.29) is 24.0 Å². The predicted octanol–water partition coefficient (Wildman–Crippen LogP) is 4.15. The molecule has 1 N–H and O–H groups in total. The molecule has 0 atom stereocenters. The number of amides is 3. The third-order valence-electron chi connectivity index (χ3n) is 6.47. The molecule has 1 saturated carbocycles. The SMILES string of the molecule is CCCC(=O)N1CCC(N(C)C(=O)N[C@H]2CC[C@H](c3ccccc3)CC2)CC1. The Bertz CT molecular complexity index is 633. The van der Waals surface area contributed by atoms with Gasteiger partial charge in [-0.15, -0.1) is 0 Å². The van der Waals surface area contributed by atoms with Crippen molar-refractivity contribution in [3.8, 4) is 0 Å². The van der Waals surface area contributed by atoms with Gasteiger partial charge in [-0.1, -0.05) is 37.3 Å². The van der Waals surface area contributed by atoms with Crippen molar-refractivity contribution in [3.63, 3.8) is 0 Å². The number of likely N-dealkylation sites (tertiary alicyclic amines) is 1. The first kappa shape index (κ1) is 20.7. The Labute approximate surface area is 169 Å². The second-order valence-corrected chi connectivity index (χ2v) is 8.38. The van der Waals surface area contributed by atoms with E-state index >= 15 is 0 Å². The van der Waals surface area contributed by atoms with Gasteiger partial charge in [0, 0.05) is 38.6 Å². The third-order valence-corrected chi connectivity index (χ3v) is 6.47. The van der Waals surface area contributed by atoms with Crippen molar-refractivity contribution in [2.24, 2.45) is 0 Å². The lowest BCUT2D eigenvalue weighted by Crippen LogP contribution is -2.52. The van der Waals surface area contributed by atoms with Gasteiger partial charge < -0.3 is 15.1 Å². The van der Waals surface area contributed by atoms with Gasteiger partial charge in [-0.05, 0) is 56.4 Å². The zero-order valence-electron chi connectivity index (χ0n) is 17.4. The van der Waals surface area contributed by atoms with Gasteiger partial charge in [-0.3, -0.25) is 4.79 Å². The molecule has 1 aliphatic heterocycles. The minimum Gasteiger partial charge on any atom is -0.343 e. The lowest BCUT2D eigenvalue weighted by Gasteiger charge is -2.38. The zero-order valence-corrected chi connectivity index (χ0v) is 17.4. The Morgan fingerprint density at radius 1 is 1.04 bits per heavy atom. The molecule has 3 rings (SSSR count). The number of benzene rings is 1. The van der Waals surface area contributed by atoms with Crippen LogP contribution in [0.3, 0.4) is 0 Å². The standard InChI is InChI=1S/C23H35N3O2/c1-3-7-22(27)26-16-14-21(15-17-26)25(2)23(28)24-20-12-10-19(11-13-20)18-8-5-4-6-9-18/h4-6,8-9,19-21H,3,7,10-17H2,1-2H3,(H,24,28)/t19-,20-. The van der Waals surface area contributed by atoms with Crippen molar-refractivity contribution >= 4 is 11.9 Å². The van der Waals surface area contributed by atoms with E-state index in [0.717, 1.165) is 58.0 Å². The maximum atomic E-state index is 12.7. The number of hydrogen-bond acceptors (Lipinski definition) is 2. The van der Waals surface area contributed by atoms with E-state index in [1.54, 1.807) is 0 Å². The number of carbonyl (C=O) groups is 2. The summed E-state index contributed by atoms with van der Waals surface area (Å²) in [5, 5.41) is 3.25. The van der Waals surface area contributed by atoms with Gasteiger partial charge in [-0.2, -0.15) is 0 Å². The first-order valence-corrected chi connectivity index (χ1v) is 10.9. The van der Waals surface area contributed by atoms with E-state index in [9.17, 15) is 9.59 Å². The van der Waals surface area contributed by atoms with E-state index in [0.29, 0.717) is 12.3 Å². The minimum absolute atomic E-state index is 0.0431. The number of rotatable bonds is 5. The van der Waals surface area contributed by atoms with Gasteiger partial charge >= 0.3 is 6.03 Å². The van der Waals surface area contributed by atoms with Gasteiger partial charge in [0.2, 0.25) is 5.91 Å². The highest BCUT2D eigenvalue weighted by molar-refractivity contribution is 5.76. The lowest BCUT2D eigenvalue weighted by atomic mass is 9.82. The summed E-state index contributed by atoms with van der Waals surface area (Å²) in [5.41, 5.74) is 1.42. The van der Waals surface area contributed by atoms with Gasteiger partial charge in [0.15, 0.2) is 0 Å². The Morgan fingerprint density at radius 3 is 2.29 bits per heavy atom. The maximum Gasteiger partial charge on any atom is 0.317 e. The topological polar surface area (TPSA) is 52.7 Å². The molecule has 1 heterocycles. The molecular weight excluding hydrogens is 350 g/mol. The Balaban J connectivity index is 1.41. The fourth-order valence-corrected chi connectivity index (χ4v) is 4.61. The largest absolute Gasteiger partial charge is 0.343 e. The Morgan fingerprint density at radius 2 is 1.68 bits per heavy atom. The molecule has 0 spiro atoms. The van der Waals surface area contributed by atoms with E-state index in [2.05, 4.69) is 35.6 Å². The van der Waals surface area contributed by atoms with Crippen molar-refractivity contribution in [2.75, 3.05) is 20.1 Å². The second-order valence-electron chi connectivity index (χ2n) is 8.38. The van der Waals surface area contributed by atoms with Crippen LogP contribution in [-0.2, 0) is 4.79 Å². The highest BCUT2D eigenvalue weighted by atomic mass is 16.2. The highest BCUT2D eigenvalue weighted by Crippen LogP contribution is 2.32. The van der Waals surface area contributed by atoms with Crippen molar-refractivity contribution in [1.29, 1.82) is 0 Å². The van der Waals surface area contributed by atoms with E-state index < -0.39 is 0 Å². The molecule has 154 valence electrons. The highest BCUT2D eigenvalue weighted by Gasteiger charge is 2.29. The minimum atomic E-state index is 0.0431. The molecule has 3 amide bonds. The molecule has 5 heteroatoms. The van der Waals surface area contributed by atoms with Crippen LogP contribution in [0.15, 0.2) is 30.3 Å². The van der Waals surface area contributed by atoms with Gasteiger partial charge in [-0.25, -0.2) is 4.79 Å². The van der Waals surface area contributed by atoms with Crippen LogP contribution in [0.25, 0.3) is 0 Å². The molecule has 28 heavy (non-hydrogen) atoms. The summed E-state index contributed by atoms with van der Waals surface area (Å²) in [7, 11) is 1.90. The van der Waals surface area contributed by atoms with Gasteiger partial charge in [0.25, 0.3) is 0 Å². The summed E-state index contributed by atoms with van der Waals surface area (Å²) in [6.07, 6.45) is 7.64. The monoisotopic (exact) mass is 385 g/mol. The first-order valence-electron chi connectivity index (χ1n) is 10.9. The van der Waals surface area contributed by atoms with Crippen LogP contribution in [-0.4, -0.2) is 54.0 Å². The summed E-state index contributed by atoms with van der Waals surface area (Å²) in [5.74, 6) is 0.875. The summed E-state index contributed by atoms with van der Waals surface area (Å²) in [6, 6.07) is 11.3. The average Bonchev–Trinajstić information content (AvgIpc) is 2.74. The molecule has 5 nitrogen and oxygen atoms in total. The van der Waals surface area contributed by atoms with Crippen molar-refractivity contribution in [2.45, 2.75) is 76.3 Å². The Hall–Kier alpha value is -2.04. The van der Waals surface area contributed by atoms with Crippen molar-refractivity contribution in [3.05, 3.63) is 35.9 Å². The fraction of sp³-hybridized carbons (Fsp3) is 0.652. The average molecular weight is 386 g/mol. The maximum absolute atomic E-state index is 12.7. The number of nitrogens with one attached hydrogen (secondary N) is 1. The van der Waals surface area contributed by atoms with Crippen LogP contribution in [0.1, 0.15) is 69.8 Å². The van der Waals surface area contributed by atoms with Crippen LogP contribution in [0.2, 0.25) is 0 Å². The summed E-state index contributed by atoms with van der Waals surface area (Å²) in [4.78, 5) is 28.6. The molecule has 1 aromatic rings. The van der Waals surface area contributed by atoms with Crippen LogP contribution in [0.4, 0.5) is 4.79 Å². The van der Waals surface area contributed by atoms with Crippen LogP contribution in [0, 0.1) is 0 Å². The van der Waals surface area contributed by atoms with Crippen molar-refractivity contribution < 1.29 is 9.59 Å². The summed E-state index contributed by atoms with van der Waals surface area (Å²) < 4.78 is 0. The molecule has 0 unspecified atom stereocenters. The number of carbonyl (C=O) groups excluding carboxylic acids is 2. The van der Waals surface area contributed by atoms with Crippen LogP contribution >= 0.6 is 0 Å².